The molecule has 4 nitrogen and oxygen atoms in total. The summed E-state index contributed by atoms with van der Waals surface area (Å²) in [4.78, 5) is 14.9. The minimum absolute atomic E-state index is 0.636. The zero-order valence-electron chi connectivity index (χ0n) is 28.9. The summed E-state index contributed by atoms with van der Waals surface area (Å²) in [6.07, 6.45) is 0. The number of benzene rings is 8. The van der Waals surface area contributed by atoms with Gasteiger partial charge in [-0.1, -0.05) is 140 Å². The van der Waals surface area contributed by atoms with Crippen LogP contribution >= 0.6 is 11.3 Å². The van der Waals surface area contributed by atoms with Crippen molar-refractivity contribution < 1.29 is 4.42 Å². The highest BCUT2D eigenvalue weighted by Gasteiger charge is 2.20. The number of fused-ring (bicyclic) bond motifs is 9. The monoisotopic (exact) mass is 707 g/mol. The van der Waals surface area contributed by atoms with Crippen molar-refractivity contribution in [1.29, 1.82) is 0 Å². The van der Waals surface area contributed by atoms with E-state index in [0.29, 0.717) is 17.5 Å². The highest BCUT2D eigenvalue weighted by molar-refractivity contribution is 7.26. The lowest BCUT2D eigenvalue weighted by molar-refractivity contribution is 0.673. The van der Waals surface area contributed by atoms with E-state index in [1.807, 2.05) is 78.1 Å². The second-order valence-electron chi connectivity index (χ2n) is 13.6. The van der Waals surface area contributed by atoms with E-state index in [4.69, 9.17) is 19.4 Å². The molecule has 0 saturated heterocycles. The summed E-state index contributed by atoms with van der Waals surface area (Å²) in [6.45, 7) is 0. The third kappa shape index (κ3) is 5.01. The van der Waals surface area contributed by atoms with Gasteiger partial charge in [0.2, 0.25) is 0 Å². The zero-order valence-corrected chi connectivity index (χ0v) is 29.7. The van der Waals surface area contributed by atoms with E-state index in [2.05, 4.69) is 109 Å². The normalized spacial score (nSPS) is 11.7. The van der Waals surface area contributed by atoms with Crippen molar-refractivity contribution in [3.63, 3.8) is 0 Å². The first-order valence-electron chi connectivity index (χ1n) is 18.0. The predicted octanol–water partition coefficient (Wildman–Crippen LogP) is 13.6. The number of para-hydroxylation sites is 1. The lowest BCUT2D eigenvalue weighted by Gasteiger charge is -2.12. The Morgan fingerprint density at radius 2 is 0.889 bits per heavy atom. The smallest absolute Gasteiger partial charge is 0.164 e. The molecule has 0 aliphatic rings. The number of hydrogen-bond acceptors (Lipinski definition) is 5. The molecule has 8 aromatic carbocycles. The van der Waals surface area contributed by atoms with Gasteiger partial charge in [-0.2, -0.15) is 0 Å². The standard InChI is InChI=1S/C49H29N3OS/c1-3-13-30(14-4-1)47-50-48(31-15-5-2-6-16-31)52-49(51-47)35-20-12-18-33(28-35)32-17-11-19-34(27-32)40-29-43-44(39-22-8-10-24-42(39)54-43)45-37(40)25-26-38-36-21-7-9-23-41(36)53-46(38)45/h1-29H. The van der Waals surface area contributed by atoms with E-state index in [0.717, 1.165) is 55.3 Å². The maximum atomic E-state index is 6.69. The first kappa shape index (κ1) is 30.7. The minimum Gasteiger partial charge on any atom is -0.455 e. The molecule has 0 bridgehead atoms. The molecule has 252 valence electrons. The molecule has 0 spiro atoms. The van der Waals surface area contributed by atoms with Gasteiger partial charge in [0.15, 0.2) is 17.5 Å². The topological polar surface area (TPSA) is 51.8 Å². The molecular weight excluding hydrogens is 679 g/mol. The Bertz CT molecular complexity index is 3160. The van der Waals surface area contributed by atoms with Crippen molar-refractivity contribution in [3.8, 4) is 56.4 Å². The first-order chi connectivity index (χ1) is 26.7. The lowest BCUT2D eigenvalue weighted by atomic mass is 9.92. The van der Waals surface area contributed by atoms with Crippen molar-refractivity contribution in [3.05, 3.63) is 176 Å². The molecular formula is C49H29N3OS. The third-order valence-corrected chi connectivity index (χ3v) is 11.4. The second kappa shape index (κ2) is 12.3. The number of rotatable bonds is 5. The molecule has 0 atom stereocenters. The summed E-state index contributed by atoms with van der Waals surface area (Å²) >= 11 is 1.84. The molecule has 3 aromatic heterocycles. The zero-order chi connectivity index (χ0) is 35.6. The summed E-state index contributed by atoms with van der Waals surface area (Å²) in [5, 5.41) is 7.14. The molecule has 54 heavy (non-hydrogen) atoms. The third-order valence-electron chi connectivity index (χ3n) is 10.3. The second-order valence-corrected chi connectivity index (χ2v) is 14.6. The van der Waals surface area contributed by atoms with Crippen LogP contribution in [0.25, 0.3) is 109 Å². The summed E-state index contributed by atoms with van der Waals surface area (Å²) < 4.78 is 9.21. The molecule has 0 aliphatic carbocycles. The fourth-order valence-electron chi connectivity index (χ4n) is 7.77. The maximum absolute atomic E-state index is 6.69. The Kier molecular flexibility index (Phi) is 7.00. The van der Waals surface area contributed by atoms with Crippen molar-refractivity contribution in [2.24, 2.45) is 0 Å². The van der Waals surface area contributed by atoms with E-state index < -0.39 is 0 Å². The average molecular weight is 708 g/mol. The van der Waals surface area contributed by atoms with Crippen molar-refractivity contribution >= 4 is 64.2 Å². The minimum atomic E-state index is 0.636. The van der Waals surface area contributed by atoms with Gasteiger partial charge < -0.3 is 4.42 Å². The van der Waals surface area contributed by atoms with Crippen molar-refractivity contribution in [2.75, 3.05) is 0 Å². The van der Waals surface area contributed by atoms with Gasteiger partial charge >= 0.3 is 0 Å². The molecule has 11 rings (SSSR count). The Morgan fingerprint density at radius 3 is 1.61 bits per heavy atom. The van der Waals surface area contributed by atoms with E-state index in [1.54, 1.807) is 0 Å². The highest BCUT2D eigenvalue weighted by Crippen LogP contribution is 2.47. The van der Waals surface area contributed by atoms with Gasteiger partial charge in [-0.3, -0.25) is 0 Å². The summed E-state index contributed by atoms with van der Waals surface area (Å²) in [5.41, 5.74) is 9.21. The van der Waals surface area contributed by atoms with Gasteiger partial charge in [0.25, 0.3) is 0 Å². The Hall–Kier alpha value is -6.95. The van der Waals surface area contributed by atoms with Crippen molar-refractivity contribution in [2.45, 2.75) is 0 Å². The molecule has 0 amide bonds. The molecule has 0 aliphatic heterocycles. The van der Waals surface area contributed by atoms with E-state index in [9.17, 15) is 0 Å². The van der Waals surface area contributed by atoms with E-state index in [1.165, 1.54) is 36.5 Å². The van der Waals surface area contributed by atoms with Gasteiger partial charge in [0.1, 0.15) is 11.2 Å². The van der Waals surface area contributed by atoms with Crippen LogP contribution < -0.4 is 0 Å². The van der Waals surface area contributed by atoms with E-state index in [-0.39, 0.29) is 0 Å². The molecule has 11 aromatic rings. The van der Waals surface area contributed by atoms with Crippen LogP contribution in [0.4, 0.5) is 0 Å². The van der Waals surface area contributed by atoms with Gasteiger partial charge in [0.05, 0.1) is 0 Å². The molecule has 0 N–H and O–H groups in total. The summed E-state index contributed by atoms with van der Waals surface area (Å²) in [6, 6.07) is 61.5. The van der Waals surface area contributed by atoms with Crippen LogP contribution in [0.1, 0.15) is 0 Å². The van der Waals surface area contributed by atoms with Gasteiger partial charge in [-0.15, -0.1) is 11.3 Å². The number of hydrogen-bond donors (Lipinski definition) is 0. The fourth-order valence-corrected chi connectivity index (χ4v) is 8.93. The van der Waals surface area contributed by atoms with Crippen LogP contribution in [-0.2, 0) is 0 Å². The molecule has 0 fully saturated rings. The largest absolute Gasteiger partial charge is 0.455 e. The van der Waals surface area contributed by atoms with Crippen LogP contribution in [0.15, 0.2) is 180 Å². The summed E-state index contributed by atoms with van der Waals surface area (Å²) in [5.74, 6) is 1.93. The number of furan rings is 1. The first-order valence-corrected chi connectivity index (χ1v) is 18.8. The lowest BCUT2D eigenvalue weighted by Crippen LogP contribution is -2.00. The van der Waals surface area contributed by atoms with Crippen LogP contribution in [-0.4, -0.2) is 15.0 Å². The Balaban J connectivity index is 1.08. The van der Waals surface area contributed by atoms with Crippen LogP contribution in [0.3, 0.4) is 0 Å². The van der Waals surface area contributed by atoms with Crippen LogP contribution in [0.2, 0.25) is 0 Å². The quantitative estimate of drug-likeness (QED) is 0.179. The molecule has 0 saturated carbocycles. The Labute approximate surface area is 314 Å². The molecule has 0 radical (unpaired) electrons. The van der Waals surface area contributed by atoms with E-state index >= 15 is 0 Å². The molecule has 5 heteroatoms. The maximum Gasteiger partial charge on any atom is 0.164 e. The fraction of sp³-hybridized carbons (Fsp3) is 0. The van der Waals surface area contributed by atoms with Gasteiger partial charge in [0, 0.05) is 53.0 Å². The molecule has 0 unspecified atom stereocenters. The van der Waals surface area contributed by atoms with Crippen molar-refractivity contribution in [1.82, 2.24) is 15.0 Å². The number of nitrogens with zero attached hydrogens (tertiary/aromatic N) is 3. The molecule has 3 heterocycles. The van der Waals surface area contributed by atoms with Gasteiger partial charge in [-0.05, 0) is 64.0 Å². The Morgan fingerprint density at radius 1 is 0.352 bits per heavy atom. The highest BCUT2D eigenvalue weighted by atomic mass is 32.1. The summed E-state index contributed by atoms with van der Waals surface area (Å²) in [7, 11) is 0. The number of aromatic nitrogens is 3. The average Bonchev–Trinajstić information content (AvgIpc) is 3.82. The number of thiophene rings is 1. The van der Waals surface area contributed by atoms with Gasteiger partial charge in [-0.25, -0.2) is 15.0 Å². The van der Waals surface area contributed by atoms with Crippen LogP contribution in [0, 0.1) is 0 Å². The SMILES string of the molecule is c1ccc(-c2nc(-c3ccccc3)nc(-c3cccc(-c4cccc(-c5cc6sc7ccccc7c6c6c5ccc5c7ccccc7oc56)c4)c3)n2)cc1. The predicted molar refractivity (Wildman–Crippen MR) is 225 cm³/mol. The van der Waals surface area contributed by atoms with Crippen LogP contribution in [0.5, 0.6) is 0 Å².